The maximum Gasteiger partial charge on any atom is 0.243 e. The van der Waals surface area contributed by atoms with Crippen LogP contribution >= 0.6 is 12.4 Å². The fourth-order valence-electron chi connectivity index (χ4n) is 2.53. The lowest BCUT2D eigenvalue weighted by molar-refractivity contribution is 0.250. The molecule has 21 heavy (non-hydrogen) atoms. The topological polar surface area (TPSA) is 63.4 Å². The lowest BCUT2D eigenvalue weighted by Gasteiger charge is -2.32. The van der Waals surface area contributed by atoms with Crippen molar-refractivity contribution in [3.8, 4) is 0 Å². The van der Waals surface area contributed by atoms with Gasteiger partial charge in [0.15, 0.2) is 0 Å². The molecule has 0 amide bonds. The molecule has 0 spiro atoms. The molecule has 1 unspecified atom stereocenters. The zero-order valence-electron chi connectivity index (χ0n) is 12.3. The second-order valence-corrected chi connectivity index (χ2v) is 7.45. The molecule has 0 radical (unpaired) electrons. The van der Waals surface area contributed by atoms with Crippen LogP contribution in [0.15, 0.2) is 23.1 Å². The Morgan fingerprint density at radius 3 is 2.38 bits per heavy atom. The van der Waals surface area contributed by atoms with Crippen LogP contribution < -0.4 is 5.73 Å². The van der Waals surface area contributed by atoms with Crippen molar-refractivity contribution in [2.75, 3.05) is 13.1 Å². The van der Waals surface area contributed by atoms with Gasteiger partial charge in [0, 0.05) is 19.1 Å². The van der Waals surface area contributed by atoms with Crippen LogP contribution in [0.25, 0.3) is 0 Å². The maximum atomic E-state index is 13.5. The summed E-state index contributed by atoms with van der Waals surface area (Å²) in [5, 5.41) is 0. The van der Waals surface area contributed by atoms with Gasteiger partial charge in [0.05, 0.1) is 4.90 Å². The summed E-state index contributed by atoms with van der Waals surface area (Å²) in [7, 11) is -3.60. The molecule has 1 aromatic rings. The summed E-state index contributed by atoms with van der Waals surface area (Å²) < 4.78 is 39.9. The molecule has 1 aliphatic heterocycles. The minimum absolute atomic E-state index is 0. The Hall–Kier alpha value is -0.690. The van der Waals surface area contributed by atoms with Gasteiger partial charge in [-0.2, -0.15) is 4.31 Å². The lowest BCUT2D eigenvalue weighted by atomic mass is 9.92. The molecule has 7 heteroatoms. The normalized spacial score (nSPS) is 19.0. The second kappa shape index (κ2) is 7.05. The molecule has 1 heterocycles. The van der Waals surface area contributed by atoms with Crippen LogP contribution in [0.3, 0.4) is 0 Å². The summed E-state index contributed by atoms with van der Waals surface area (Å²) in [6, 6.07) is 4.14. The van der Waals surface area contributed by atoms with E-state index in [2.05, 4.69) is 0 Å². The third-order valence-corrected chi connectivity index (χ3v) is 5.92. The number of halogens is 2. The summed E-state index contributed by atoms with van der Waals surface area (Å²) in [5.74, 6) is -0.132. The maximum absolute atomic E-state index is 13.5. The highest BCUT2D eigenvalue weighted by molar-refractivity contribution is 7.89. The number of nitrogens with zero attached hydrogens (tertiary/aromatic N) is 1. The zero-order valence-corrected chi connectivity index (χ0v) is 13.9. The lowest BCUT2D eigenvalue weighted by Crippen LogP contribution is -2.42. The third-order valence-electron chi connectivity index (χ3n) is 4.02. The van der Waals surface area contributed by atoms with Crippen molar-refractivity contribution in [2.24, 2.45) is 11.7 Å². The average Bonchev–Trinajstić information content (AvgIpc) is 2.41. The van der Waals surface area contributed by atoms with Crippen LogP contribution in [0.2, 0.25) is 0 Å². The first-order valence-electron chi connectivity index (χ1n) is 6.84. The fraction of sp³-hybridized carbons (Fsp3) is 0.571. The monoisotopic (exact) mass is 336 g/mol. The van der Waals surface area contributed by atoms with Crippen molar-refractivity contribution in [3.05, 3.63) is 29.6 Å². The molecular formula is C14H22ClFN2O2S. The van der Waals surface area contributed by atoms with Gasteiger partial charge >= 0.3 is 0 Å². The molecular weight excluding hydrogens is 315 g/mol. The van der Waals surface area contributed by atoms with E-state index in [0.29, 0.717) is 24.6 Å². The minimum atomic E-state index is -3.60. The fourth-order valence-corrected chi connectivity index (χ4v) is 4.01. The van der Waals surface area contributed by atoms with Gasteiger partial charge in [-0.05, 0) is 50.3 Å². The molecule has 1 fully saturated rings. The van der Waals surface area contributed by atoms with Crippen LogP contribution in [-0.2, 0) is 10.0 Å². The van der Waals surface area contributed by atoms with Crippen molar-refractivity contribution >= 4 is 22.4 Å². The molecule has 1 aromatic carbocycles. The predicted octanol–water partition coefficient (Wildman–Crippen LogP) is 2.30. The number of hydrogen-bond donors (Lipinski definition) is 1. The molecule has 2 N–H and O–H groups in total. The van der Waals surface area contributed by atoms with Crippen LogP contribution in [0, 0.1) is 18.7 Å². The summed E-state index contributed by atoms with van der Waals surface area (Å²) >= 11 is 0. The van der Waals surface area contributed by atoms with Crippen molar-refractivity contribution in [1.82, 2.24) is 4.31 Å². The van der Waals surface area contributed by atoms with E-state index in [-0.39, 0.29) is 23.3 Å². The van der Waals surface area contributed by atoms with E-state index in [1.165, 1.54) is 16.4 Å². The van der Waals surface area contributed by atoms with Gasteiger partial charge in [0.25, 0.3) is 0 Å². The van der Waals surface area contributed by atoms with Crippen LogP contribution in [0.1, 0.15) is 25.3 Å². The highest BCUT2D eigenvalue weighted by atomic mass is 35.5. The Bertz CT molecular complexity index is 585. The molecule has 1 atom stereocenters. The van der Waals surface area contributed by atoms with E-state index in [4.69, 9.17) is 5.73 Å². The van der Waals surface area contributed by atoms with Gasteiger partial charge in [-0.25, -0.2) is 12.8 Å². The van der Waals surface area contributed by atoms with Crippen molar-refractivity contribution in [1.29, 1.82) is 0 Å². The number of benzene rings is 1. The predicted molar refractivity (Wildman–Crippen MR) is 83.5 cm³/mol. The Balaban J connectivity index is 0.00000220. The summed E-state index contributed by atoms with van der Waals surface area (Å²) in [4.78, 5) is 0.0276. The number of nitrogens with two attached hydrogens (primary N) is 1. The van der Waals surface area contributed by atoms with E-state index in [1.54, 1.807) is 6.92 Å². The van der Waals surface area contributed by atoms with Gasteiger partial charge in [-0.1, -0.05) is 6.07 Å². The molecule has 1 saturated heterocycles. The largest absolute Gasteiger partial charge is 0.328 e. The molecule has 2 rings (SSSR count). The molecule has 0 bridgehead atoms. The zero-order chi connectivity index (χ0) is 14.9. The second-order valence-electron chi connectivity index (χ2n) is 5.51. The summed E-state index contributed by atoms with van der Waals surface area (Å²) in [6.07, 6.45) is 1.51. The number of hydrogen-bond acceptors (Lipinski definition) is 3. The molecule has 0 saturated carbocycles. The highest BCUT2D eigenvalue weighted by Crippen LogP contribution is 2.25. The van der Waals surface area contributed by atoms with Crippen molar-refractivity contribution < 1.29 is 12.8 Å². The van der Waals surface area contributed by atoms with Gasteiger partial charge in [-0.15, -0.1) is 12.4 Å². The molecule has 4 nitrogen and oxygen atoms in total. The van der Waals surface area contributed by atoms with E-state index in [0.717, 1.165) is 18.9 Å². The van der Waals surface area contributed by atoms with E-state index >= 15 is 0 Å². The Labute approximate surface area is 132 Å². The first kappa shape index (κ1) is 18.4. The Morgan fingerprint density at radius 2 is 1.90 bits per heavy atom. The average molecular weight is 337 g/mol. The third kappa shape index (κ3) is 3.94. The summed E-state index contributed by atoms with van der Waals surface area (Å²) in [6.45, 7) is 4.46. The van der Waals surface area contributed by atoms with Crippen molar-refractivity contribution in [2.45, 2.75) is 37.6 Å². The molecule has 1 aliphatic rings. The van der Waals surface area contributed by atoms with E-state index < -0.39 is 15.8 Å². The van der Waals surface area contributed by atoms with Crippen molar-refractivity contribution in [3.63, 3.8) is 0 Å². The molecule has 0 aromatic heterocycles. The minimum Gasteiger partial charge on any atom is -0.328 e. The van der Waals surface area contributed by atoms with Crippen LogP contribution in [-0.4, -0.2) is 31.9 Å². The first-order chi connectivity index (χ1) is 9.32. The van der Waals surface area contributed by atoms with Gasteiger partial charge < -0.3 is 5.73 Å². The number of piperidine rings is 1. The molecule has 0 aliphatic carbocycles. The number of sulfonamides is 1. The quantitative estimate of drug-likeness (QED) is 0.921. The molecule has 120 valence electrons. The standard InChI is InChI=1S/C14H21FN2O2S.ClH/c1-10-3-4-13(9-14(10)15)20(18,19)17-7-5-12(6-8-17)11(2)16;/h3-4,9,11-12H,5-8,16H2,1-2H3;1H. The van der Waals surface area contributed by atoms with Gasteiger partial charge in [0.2, 0.25) is 10.0 Å². The van der Waals surface area contributed by atoms with Gasteiger partial charge in [0.1, 0.15) is 5.82 Å². The SMILES string of the molecule is Cc1ccc(S(=O)(=O)N2CCC(C(C)N)CC2)cc1F.Cl. The number of rotatable bonds is 3. The van der Waals surface area contributed by atoms with E-state index in [1.807, 2.05) is 6.92 Å². The smallest absolute Gasteiger partial charge is 0.243 e. The van der Waals surface area contributed by atoms with Gasteiger partial charge in [-0.3, -0.25) is 0 Å². The Morgan fingerprint density at radius 1 is 1.33 bits per heavy atom. The number of aryl methyl sites for hydroxylation is 1. The van der Waals surface area contributed by atoms with Crippen LogP contribution in [0.4, 0.5) is 4.39 Å². The highest BCUT2D eigenvalue weighted by Gasteiger charge is 2.30. The summed E-state index contributed by atoms with van der Waals surface area (Å²) in [5.41, 5.74) is 6.30. The Kier molecular flexibility index (Phi) is 6.16. The first-order valence-corrected chi connectivity index (χ1v) is 8.28. The van der Waals surface area contributed by atoms with Crippen LogP contribution in [0.5, 0.6) is 0 Å². The van der Waals surface area contributed by atoms with E-state index in [9.17, 15) is 12.8 Å².